The summed E-state index contributed by atoms with van der Waals surface area (Å²) in [7, 11) is -8.69. The van der Waals surface area contributed by atoms with Gasteiger partial charge >= 0.3 is 16.8 Å². The second kappa shape index (κ2) is 24.8. The van der Waals surface area contributed by atoms with E-state index in [1.807, 2.05) is 97.1 Å². The summed E-state index contributed by atoms with van der Waals surface area (Å²) in [6.07, 6.45) is 0. The van der Waals surface area contributed by atoms with Gasteiger partial charge in [0.25, 0.3) is 11.8 Å². The van der Waals surface area contributed by atoms with E-state index in [4.69, 9.17) is 10.3 Å². The van der Waals surface area contributed by atoms with Crippen LogP contribution in [0, 0.1) is 0 Å². The number of ketones is 2. The Labute approximate surface area is 456 Å². The molecule has 0 aliphatic carbocycles. The average molecular weight is 1150 g/mol. The maximum atomic E-state index is 13.8. The molecule has 1 radical (unpaired) electrons. The van der Waals surface area contributed by atoms with Crippen molar-refractivity contribution in [3.63, 3.8) is 0 Å². The smallest absolute Gasteiger partial charge is 0.558 e. The normalized spacial score (nSPS) is 10.8. The monoisotopic (exact) mass is 1150 g/mol. The first-order valence-corrected chi connectivity index (χ1v) is 26.2. The van der Waals surface area contributed by atoms with Gasteiger partial charge in [-0.05, 0) is 24.3 Å². The second-order valence-electron chi connectivity index (χ2n) is 15.4. The van der Waals surface area contributed by atoms with Crippen molar-refractivity contribution in [2.24, 2.45) is 0 Å². The summed E-state index contributed by atoms with van der Waals surface area (Å²) in [4.78, 5) is 54.6. The zero-order valence-corrected chi connectivity index (χ0v) is 43.4. The Kier molecular flexibility index (Phi) is 18.6. The van der Waals surface area contributed by atoms with E-state index >= 15 is 0 Å². The number of nitrogens with one attached hydrogen (secondary N) is 4. The number of rotatable bonds is 14. The number of sulfonamides is 2. The number of para-hydroxylation sites is 2. The minimum absolute atomic E-state index is 0. The molecule has 391 valence electrons. The van der Waals surface area contributed by atoms with Crippen LogP contribution in [0.15, 0.2) is 191 Å². The van der Waals surface area contributed by atoms with Crippen molar-refractivity contribution in [3.05, 3.63) is 226 Å². The Balaban J connectivity index is 0.000000240. The zero-order valence-electron chi connectivity index (χ0n) is 39.1. The number of hydrogen-bond acceptors (Lipinski definition) is 16. The van der Waals surface area contributed by atoms with E-state index < -0.39 is 52.1 Å². The van der Waals surface area contributed by atoms with Gasteiger partial charge in [-0.15, -0.1) is 20.4 Å². The molecule has 0 atom stereocenters. The van der Waals surface area contributed by atoms with Gasteiger partial charge in [0, 0.05) is 22.3 Å². The Morgan fingerprint density at radius 1 is 0.429 bits per heavy atom. The van der Waals surface area contributed by atoms with Gasteiger partial charge in [0.1, 0.15) is 20.0 Å². The van der Waals surface area contributed by atoms with Crippen molar-refractivity contribution in [3.8, 4) is 33.9 Å². The van der Waals surface area contributed by atoms with Crippen LogP contribution < -0.4 is 10.6 Å². The van der Waals surface area contributed by atoms with Crippen molar-refractivity contribution < 1.29 is 63.7 Å². The van der Waals surface area contributed by atoms with Gasteiger partial charge in [0.2, 0.25) is 18.9 Å². The summed E-state index contributed by atoms with van der Waals surface area (Å²) in [5.41, 5.74) is 3.90. The van der Waals surface area contributed by atoms with Crippen molar-refractivity contribution in [1.29, 1.82) is 0 Å². The number of hydrogen-bond donors (Lipinski definition) is 2. The van der Waals surface area contributed by atoms with Crippen LogP contribution in [0.3, 0.4) is 0 Å². The third kappa shape index (κ3) is 12.9. The summed E-state index contributed by atoms with van der Waals surface area (Å²) >= 11 is 1.06. The van der Waals surface area contributed by atoms with Crippen LogP contribution in [0.4, 0.5) is 10.3 Å². The van der Waals surface area contributed by atoms with Gasteiger partial charge in [0.05, 0.1) is 33.9 Å². The molecule has 0 aliphatic heterocycles. The quantitative estimate of drug-likeness (QED) is 0.0783. The number of nitrogens with zero attached hydrogens (tertiary/aromatic N) is 8. The summed E-state index contributed by atoms with van der Waals surface area (Å²) in [5, 5.41) is 42.2. The summed E-state index contributed by atoms with van der Waals surface area (Å²) in [6.45, 7) is 0. The van der Waals surface area contributed by atoms with Crippen LogP contribution in [-0.4, -0.2) is 91.1 Å². The first-order chi connectivity index (χ1) is 35.7. The van der Waals surface area contributed by atoms with Gasteiger partial charge < -0.3 is 21.2 Å². The van der Waals surface area contributed by atoms with Gasteiger partial charge in [-0.2, -0.15) is 10.2 Å². The van der Waals surface area contributed by atoms with Gasteiger partial charge in [-0.3, -0.25) is 29.8 Å². The minimum atomic E-state index is -4.34. The summed E-state index contributed by atoms with van der Waals surface area (Å²) < 4.78 is 47.8. The summed E-state index contributed by atoms with van der Waals surface area (Å²) in [6, 6.07) is 53.4. The largest absolute Gasteiger partial charge is 2.00 e. The molecule has 0 saturated heterocycles. The van der Waals surface area contributed by atoms with Crippen LogP contribution in [-0.2, 0) is 36.8 Å². The van der Waals surface area contributed by atoms with E-state index in [-0.39, 0.29) is 60.5 Å². The van der Waals surface area contributed by atoms with E-state index in [1.54, 1.807) is 84.9 Å². The molecule has 0 aliphatic rings. The van der Waals surface area contributed by atoms with E-state index in [1.165, 1.54) is 9.36 Å². The Bertz CT molecular complexity index is 3670. The molecular weight excluding hydrogens is 1120 g/mol. The molecule has 0 unspecified atom stereocenters. The third-order valence-corrected chi connectivity index (χ3v) is 14.7. The Morgan fingerprint density at radius 2 is 0.714 bits per heavy atom. The Morgan fingerprint density at radius 3 is 1.00 bits per heavy atom. The predicted octanol–water partition coefficient (Wildman–Crippen LogP) is 7.58. The molecule has 4 heterocycles. The molecule has 0 saturated carbocycles. The topological polar surface area (TPSA) is 358 Å². The molecule has 0 fully saturated rings. The molecule has 22 nitrogen and oxygen atoms in total. The molecule has 10 aromatic rings. The number of benzene rings is 6. The van der Waals surface area contributed by atoms with Gasteiger partial charge in [-0.1, -0.05) is 180 Å². The number of carbonyl (C=O) groups excluding carboxylic acids is 4. The van der Waals surface area contributed by atoms with Gasteiger partial charge in [-0.25, -0.2) is 26.2 Å². The minimum Gasteiger partial charge on any atom is -0.558 e. The Hall–Kier alpha value is -8.61. The van der Waals surface area contributed by atoms with E-state index in [0.717, 1.165) is 0 Å². The first-order valence-electron chi connectivity index (χ1n) is 21.6. The molecule has 2 amide bonds. The SMILES string of the molecule is O.O.[Co+2].[NH-]S(=O)(=O)c1nnc(NC(=O)c2nn(-c3ccccc3)c(-c3ccccc3)c2C(=O)c2ccccc2)s1.[NH-]S(=O)(=O)c1nnc(NC(=O)c2nn(-c3ccccc3)c(-c3ccccc3)c2C(=O)c2ccccc2)s1. The fraction of sp³-hybridized carbons (Fsp3) is 0. The van der Waals surface area contributed by atoms with Crippen molar-refractivity contribution in [2.45, 2.75) is 8.68 Å². The fourth-order valence-electron chi connectivity index (χ4n) is 7.34. The maximum absolute atomic E-state index is 13.8. The fourth-order valence-corrected chi connectivity index (χ4v) is 9.93. The van der Waals surface area contributed by atoms with Crippen molar-refractivity contribution in [2.75, 3.05) is 10.6 Å². The van der Waals surface area contributed by atoms with E-state index in [2.05, 4.69) is 41.2 Å². The number of carbonyl (C=O) groups is 4. The number of amides is 2. The molecule has 8 N–H and O–H groups in total. The zero-order chi connectivity index (χ0) is 52.0. The molecular formula is C50H38CoN12O10S4. The first kappa shape index (κ1) is 57.7. The molecule has 0 spiro atoms. The van der Waals surface area contributed by atoms with Crippen LogP contribution >= 0.6 is 22.7 Å². The standard InChI is InChI=1S/2C25H18N6O4S2.Co.2H2O/c2*26-37(34,35)25-29-28-24(36-25)27-23(33)20-19(22(32)17-12-6-2-7-13-17)21(16-10-4-1-5-11-16)31(30-20)18-14-8-3-9-15-18;;;/h2*1-15H,(H3,26,27,28,33,34,35);;2*1H2/q;;+2;;/p-2. The molecule has 77 heavy (non-hydrogen) atoms. The van der Waals surface area contributed by atoms with Crippen molar-refractivity contribution >= 4 is 76.4 Å². The summed E-state index contributed by atoms with van der Waals surface area (Å²) in [5.74, 6) is -2.40. The molecule has 27 heteroatoms. The van der Waals surface area contributed by atoms with E-state index in [9.17, 15) is 36.0 Å². The van der Waals surface area contributed by atoms with Crippen LogP contribution in [0.2, 0.25) is 0 Å². The maximum Gasteiger partial charge on any atom is 2.00 e. The van der Waals surface area contributed by atoms with Crippen LogP contribution in [0.5, 0.6) is 0 Å². The number of anilines is 2. The predicted molar refractivity (Wildman–Crippen MR) is 284 cm³/mol. The third-order valence-electron chi connectivity index (χ3n) is 10.5. The second-order valence-corrected chi connectivity index (χ2v) is 20.7. The molecule has 10 rings (SSSR count). The van der Waals surface area contributed by atoms with Crippen molar-refractivity contribution in [1.82, 2.24) is 40.0 Å². The number of aromatic nitrogens is 8. The van der Waals surface area contributed by atoms with E-state index in [0.29, 0.717) is 67.7 Å². The molecule has 0 bridgehead atoms. The van der Waals surface area contributed by atoms with Crippen LogP contribution in [0.1, 0.15) is 52.8 Å². The van der Waals surface area contributed by atoms with Crippen LogP contribution in [0.25, 0.3) is 44.2 Å². The molecule has 6 aromatic carbocycles. The van der Waals surface area contributed by atoms with Gasteiger partial charge in [0.15, 0.2) is 23.0 Å². The molecule has 4 aromatic heterocycles. The average Bonchev–Trinajstić information content (AvgIpc) is 4.26.